The summed E-state index contributed by atoms with van der Waals surface area (Å²) in [6.07, 6.45) is 7.29. The molecule has 4 nitrogen and oxygen atoms in total. The third-order valence-corrected chi connectivity index (χ3v) is 9.30. The lowest BCUT2D eigenvalue weighted by molar-refractivity contribution is -0.144. The molecule has 1 amide bonds. The second kappa shape index (κ2) is 9.09. The zero-order valence-corrected chi connectivity index (χ0v) is 20.7. The fourth-order valence-electron chi connectivity index (χ4n) is 7.77. The third-order valence-electron chi connectivity index (χ3n) is 8.94. The van der Waals surface area contributed by atoms with Crippen molar-refractivity contribution in [2.75, 3.05) is 26.2 Å². The lowest BCUT2D eigenvalue weighted by Gasteiger charge is -2.55. The fourth-order valence-corrected chi connectivity index (χ4v) is 8.04. The molecule has 1 N–H and O–H groups in total. The molecule has 2 aromatic rings. The van der Waals surface area contributed by atoms with Gasteiger partial charge in [0.15, 0.2) is 5.11 Å². The van der Waals surface area contributed by atoms with E-state index in [2.05, 4.69) is 75.8 Å². The van der Waals surface area contributed by atoms with Crippen LogP contribution in [0.15, 0.2) is 60.7 Å². The van der Waals surface area contributed by atoms with Crippen LogP contribution in [0, 0.1) is 23.2 Å². The van der Waals surface area contributed by atoms with Crippen molar-refractivity contribution >= 4 is 23.2 Å². The maximum absolute atomic E-state index is 13.5. The highest BCUT2D eigenvalue weighted by molar-refractivity contribution is 7.80. The van der Waals surface area contributed by atoms with Gasteiger partial charge < -0.3 is 10.2 Å². The number of thiocarbonyl (C=S) groups is 1. The van der Waals surface area contributed by atoms with E-state index in [1.165, 1.54) is 30.4 Å². The summed E-state index contributed by atoms with van der Waals surface area (Å²) in [5.41, 5.74) is 2.49. The van der Waals surface area contributed by atoms with E-state index >= 15 is 0 Å². The monoisotopic (exact) mass is 473 g/mol. The van der Waals surface area contributed by atoms with E-state index < -0.39 is 0 Å². The van der Waals surface area contributed by atoms with Crippen LogP contribution in [0.3, 0.4) is 0 Å². The largest absolute Gasteiger partial charge is 0.346 e. The average molecular weight is 474 g/mol. The molecule has 5 fully saturated rings. The molecular weight excluding hydrogens is 438 g/mol. The van der Waals surface area contributed by atoms with Crippen LogP contribution in [-0.4, -0.2) is 47.0 Å². The van der Waals surface area contributed by atoms with Crippen LogP contribution < -0.4 is 5.32 Å². The van der Waals surface area contributed by atoms with E-state index in [1.54, 1.807) is 0 Å². The number of rotatable bonds is 4. The first-order chi connectivity index (χ1) is 16.6. The number of hydrogen-bond donors (Lipinski definition) is 1. The lowest BCUT2D eigenvalue weighted by Crippen LogP contribution is -2.58. The molecule has 5 heteroatoms. The molecule has 2 aromatic carbocycles. The van der Waals surface area contributed by atoms with E-state index in [0.29, 0.717) is 5.11 Å². The molecule has 4 bridgehead atoms. The molecule has 1 saturated heterocycles. The van der Waals surface area contributed by atoms with Crippen LogP contribution in [0.25, 0.3) is 0 Å². The minimum Gasteiger partial charge on any atom is -0.346 e. The quantitative estimate of drug-likeness (QED) is 0.633. The van der Waals surface area contributed by atoms with Crippen LogP contribution >= 0.6 is 12.2 Å². The molecule has 4 aliphatic carbocycles. The van der Waals surface area contributed by atoms with Crippen molar-refractivity contribution < 1.29 is 4.79 Å². The normalized spacial score (nSPS) is 30.5. The first-order valence-electron chi connectivity index (χ1n) is 13.0. The van der Waals surface area contributed by atoms with Gasteiger partial charge in [-0.2, -0.15) is 0 Å². The van der Waals surface area contributed by atoms with Gasteiger partial charge >= 0.3 is 0 Å². The molecule has 34 heavy (non-hydrogen) atoms. The second-order valence-electron chi connectivity index (χ2n) is 11.2. The molecule has 178 valence electrons. The summed E-state index contributed by atoms with van der Waals surface area (Å²) in [6, 6.07) is 21.8. The Kier molecular flexibility index (Phi) is 5.94. The first kappa shape index (κ1) is 22.2. The molecule has 0 unspecified atom stereocenters. The van der Waals surface area contributed by atoms with Gasteiger partial charge in [0.1, 0.15) is 0 Å². The number of carbonyl (C=O) groups is 1. The van der Waals surface area contributed by atoms with Crippen molar-refractivity contribution in [1.29, 1.82) is 0 Å². The van der Waals surface area contributed by atoms with Crippen LogP contribution in [0.5, 0.6) is 0 Å². The Hall–Kier alpha value is -2.24. The van der Waals surface area contributed by atoms with Crippen molar-refractivity contribution in [3.8, 4) is 0 Å². The molecule has 1 heterocycles. The minimum absolute atomic E-state index is 0.146. The average Bonchev–Trinajstić information content (AvgIpc) is 2.85. The highest BCUT2D eigenvalue weighted by Crippen LogP contribution is 2.60. The van der Waals surface area contributed by atoms with Gasteiger partial charge in [0.2, 0.25) is 5.91 Å². The predicted octanol–water partition coefficient (Wildman–Crippen LogP) is 5.01. The molecule has 0 aromatic heterocycles. The predicted molar refractivity (Wildman–Crippen MR) is 139 cm³/mol. The standard InChI is InChI=1S/C29H35N3OS/c33-27(29-18-21-15-22(19-29)17-23(16-21)20-29)30-28(34)32-13-11-31(12-14-32)26(24-7-3-1-4-8-24)25-9-5-2-6-10-25/h1-10,21-23,26H,11-20H2,(H,30,33,34). The van der Waals surface area contributed by atoms with Crippen LogP contribution in [0.2, 0.25) is 0 Å². The first-order valence-corrected chi connectivity index (χ1v) is 13.4. The zero-order valence-electron chi connectivity index (χ0n) is 19.9. The Morgan fingerprint density at radius 2 is 1.26 bits per heavy atom. The van der Waals surface area contributed by atoms with Crippen LogP contribution in [-0.2, 0) is 4.79 Å². The second-order valence-corrected chi connectivity index (χ2v) is 11.6. The molecular formula is C29H35N3OS. The summed E-state index contributed by atoms with van der Waals surface area (Å²) in [4.78, 5) is 18.2. The summed E-state index contributed by atoms with van der Waals surface area (Å²) < 4.78 is 0. The Morgan fingerprint density at radius 1 is 0.794 bits per heavy atom. The van der Waals surface area contributed by atoms with E-state index in [9.17, 15) is 4.79 Å². The molecule has 0 radical (unpaired) electrons. The van der Waals surface area contributed by atoms with Gasteiger partial charge in [0, 0.05) is 26.2 Å². The Balaban J connectivity index is 1.10. The van der Waals surface area contributed by atoms with Crippen molar-refractivity contribution in [2.24, 2.45) is 23.2 Å². The van der Waals surface area contributed by atoms with Gasteiger partial charge in [-0.1, -0.05) is 60.7 Å². The number of nitrogens with one attached hydrogen (secondary N) is 1. The number of amides is 1. The van der Waals surface area contributed by atoms with Gasteiger partial charge in [-0.05, 0) is 79.6 Å². The Labute approximate surface area is 208 Å². The van der Waals surface area contributed by atoms with Gasteiger partial charge in [-0.15, -0.1) is 0 Å². The molecule has 5 aliphatic rings. The summed E-state index contributed by atoms with van der Waals surface area (Å²) in [6.45, 7) is 3.52. The fraction of sp³-hybridized carbons (Fsp3) is 0.517. The number of carbonyl (C=O) groups excluding carboxylic acids is 1. The lowest BCUT2D eigenvalue weighted by atomic mass is 9.49. The number of piperazine rings is 1. The van der Waals surface area contributed by atoms with Gasteiger partial charge in [0.05, 0.1) is 11.5 Å². The van der Waals surface area contributed by atoms with Gasteiger partial charge in [-0.25, -0.2) is 0 Å². The van der Waals surface area contributed by atoms with Crippen molar-refractivity contribution in [3.05, 3.63) is 71.8 Å². The topological polar surface area (TPSA) is 35.6 Å². The molecule has 4 saturated carbocycles. The van der Waals surface area contributed by atoms with Crippen molar-refractivity contribution in [3.63, 3.8) is 0 Å². The van der Waals surface area contributed by atoms with E-state index in [4.69, 9.17) is 12.2 Å². The molecule has 0 spiro atoms. The highest BCUT2D eigenvalue weighted by Gasteiger charge is 2.54. The minimum atomic E-state index is -0.146. The van der Waals surface area contributed by atoms with Gasteiger partial charge in [-0.3, -0.25) is 9.69 Å². The number of nitrogens with zero attached hydrogens (tertiary/aromatic N) is 2. The Morgan fingerprint density at radius 3 is 1.74 bits per heavy atom. The number of hydrogen-bond acceptors (Lipinski definition) is 3. The summed E-state index contributed by atoms with van der Waals surface area (Å²) in [7, 11) is 0. The molecule has 1 aliphatic heterocycles. The third kappa shape index (κ3) is 4.18. The highest BCUT2D eigenvalue weighted by atomic mass is 32.1. The summed E-state index contributed by atoms with van der Waals surface area (Å²) >= 11 is 5.77. The number of benzene rings is 2. The van der Waals surface area contributed by atoms with E-state index in [1.807, 2.05) is 0 Å². The molecule has 0 atom stereocenters. The van der Waals surface area contributed by atoms with Crippen LogP contribution in [0.1, 0.15) is 55.7 Å². The molecule has 7 rings (SSSR count). The van der Waals surface area contributed by atoms with E-state index in [-0.39, 0.29) is 17.4 Å². The van der Waals surface area contributed by atoms with Gasteiger partial charge in [0.25, 0.3) is 0 Å². The van der Waals surface area contributed by atoms with Crippen molar-refractivity contribution in [2.45, 2.75) is 44.6 Å². The Bertz CT molecular complexity index is 957. The van der Waals surface area contributed by atoms with E-state index in [0.717, 1.165) is 63.2 Å². The smallest absolute Gasteiger partial charge is 0.232 e. The summed E-state index contributed by atoms with van der Waals surface area (Å²) in [5, 5.41) is 3.85. The summed E-state index contributed by atoms with van der Waals surface area (Å²) in [5.74, 6) is 2.51. The van der Waals surface area contributed by atoms with Crippen molar-refractivity contribution in [1.82, 2.24) is 15.1 Å². The maximum Gasteiger partial charge on any atom is 0.232 e. The zero-order chi connectivity index (χ0) is 23.1. The SMILES string of the molecule is O=C(NC(=S)N1CCN(C(c2ccccc2)c2ccccc2)CC1)C12CC3CC(CC(C3)C1)C2. The maximum atomic E-state index is 13.5. The van der Waals surface area contributed by atoms with Crippen LogP contribution in [0.4, 0.5) is 0 Å².